The first-order valence-corrected chi connectivity index (χ1v) is 7.72. The minimum absolute atomic E-state index is 0.669. The molecule has 0 aliphatic rings. The summed E-state index contributed by atoms with van der Waals surface area (Å²) in [5.41, 5.74) is 3.76. The highest BCUT2D eigenvalue weighted by Gasteiger charge is 2.30. The molecule has 25 heavy (non-hydrogen) atoms. The van der Waals surface area contributed by atoms with Crippen LogP contribution in [-0.2, 0) is 0 Å². The van der Waals surface area contributed by atoms with Crippen LogP contribution in [0.5, 0.6) is 0 Å². The van der Waals surface area contributed by atoms with E-state index in [0.717, 1.165) is 0 Å². The summed E-state index contributed by atoms with van der Waals surface area (Å²) in [7, 11) is -3.76. The molecule has 0 fully saturated rings. The molecule has 0 saturated heterocycles. The molecule has 0 atom stereocenters. The summed E-state index contributed by atoms with van der Waals surface area (Å²) < 4.78 is 39.7. The average molecular weight is 347 g/mol. The molecular formula is C19H18BF4N. The fourth-order valence-electron chi connectivity index (χ4n) is 2.63. The van der Waals surface area contributed by atoms with E-state index in [-0.39, 0.29) is 0 Å². The molecule has 0 amide bonds. The highest BCUT2D eigenvalue weighted by molar-refractivity contribution is 6.50. The Kier molecular flexibility index (Phi) is 5.99. The minimum Gasteiger partial charge on any atom is -0.418 e. The fraction of sp³-hybridized carbons (Fsp3) is 0.0526. The number of halogens is 4. The van der Waals surface area contributed by atoms with Crippen molar-refractivity contribution < 1.29 is 17.3 Å². The van der Waals surface area contributed by atoms with Crippen molar-refractivity contribution in [2.75, 3.05) is 7.05 Å². The van der Waals surface area contributed by atoms with E-state index in [0.29, 0.717) is 4.48 Å². The number of hydrogen-bond acceptors (Lipinski definition) is 0. The summed E-state index contributed by atoms with van der Waals surface area (Å²) in [6, 6.07) is 31.8. The Balaban J connectivity index is 0.000000399. The van der Waals surface area contributed by atoms with Crippen molar-refractivity contribution in [3.05, 3.63) is 91.0 Å². The number of nitrogens with zero attached hydrogens (tertiary/aromatic N) is 1. The molecule has 0 aliphatic heterocycles. The minimum atomic E-state index is -6.00. The zero-order valence-electron chi connectivity index (χ0n) is 13.7. The van der Waals surface area contributed by atoms with Crippen molar-refractivity contribution >= 4 is 24.3 Å². The molecule has 0 N–H and O–H groups in total. The third-order valence-electron chi connectivity index (χ3n) is 3.82. The molecular weight excluding hydrogens is 329 g/mol. The molecule has 0 spiro atoms. The van der Waals surface area contributed by atoms with Crippen LogP contribution in [0.2, 0.25) is 0 Å². The Hall–Kier alpha value is -2.60. The summed E-state index contributed by atoms with van der Waals surface area (Å²) in [5, 5.41) is 0. The van der Waals surface area contributed by atoms with Gasteiger partial charge in [-0.1, -0.05) is 54.6 Å². The third kappa shape index (κ3) is 5.19. The number of hydrogen-bond donors (Lipinski definition) is 0. The van der Waals surface area contributed by atoms with Gasteiger partial charge in [0.2, 0.25) is 0 Å². The van der Waals surface area contributed by atoms with E-state index in [4.69, 9.17) is 0 Å². The van der Waals surface area contributed by atoms with Crippen LogP contribution >= 0.6 is 0 Å². The normalized spacial score (nSPS) is 11.4. The van der Waals surface area contributed by atoms with E-state index < -0.39 is 7.25 Å². The van der Waals surface area contributed by atoms with Gasteiger partial charge in [0.15, 0.2) is 0 Å². The van der Waals surface area contributed by atoms with Crippen molar-refractivity contribution in [2.24, 2.45) is 0 Å². The van der Waals surface area contributed by atoms with Gasteiger partial charge in [0.1, 0.15) is 17.1 Å². The lowest BCUT2D eigenvalue weighted by atomic mass is 10.1. The molecule has 0 aliphatic carbocycles. The Bertz CT molecular complexity index is 659. The van der Waals surface area contributed by atoms with Gasteiger partial charge in [0.25, 0.3) is 0 Å². The lowest BCUT2D eigenvalue weighted by molar-refractivity contribution is 0.368. The van der Waals surface area contributed by atoms with Crippen molar-refractivity contribution in [1.82, 2.24) is 4.48 Å². The molecule has 0 saturated carbocycles. The molecule has 0 heterocycles. The van der Waals surface area contributed by atoms with Gasteiger partial charge < -0.3 is 17.3 Å². The molecule has 1 nitrogen and oxygen atoms in total. The van der Waals surface area contributed by atoms with Crippen LogP contribution in [0.25, 0.3) is 0 Å². The first-order chi connectivity index (χ1) is 11.8. The monoisotopic (exact) mass is 347 g/mol. The molecule has 0 aromatic heterocycles. The van der Waals surface area contributed by atoms with Crippen LogP contribution in [0.4, 0.5) is 34.3 Å². The van der Waals surface area contributed by atoms with E-state index >= 15 is 0 Å². The first-order valence-electron chi connectivity index (χ1n) is 7.72. The smallest absolute Gasteiger partial charge is 0.418 e. The molecule has 0 radical (unpaired) electrons. The fourth-order valence-corrected chi connectivity index (χ4v) is 2.63. The van der Waals surface area contributed by atoms with Gasteiger partial charge in [-0.25, -0.2) is 4.48 Å². The van der Waals surface area contributed by atoms with Crippen molar-refractivity contribution in [3.63, 3.8) is 0 Å². The predicted molar refractivity (Wildman–Crippen MR) is 96.6 cm³/mol. The van der Waals surface area contributed by atoms with Crippen molar-refractivity contribution in [3.8, 4) is 0 Å². The van der Waals surface area contributed by atoms with Gasteiger partial charge in [0, 0.05) is 0 Å². The van der Waals surface area contributed by atoms with Crippen molar-refractivity contribution in [2.45, 2.75) is 0 Å². The molecule has 3 aromatic carbocycles. The number of rotatable bonds is 3. The van der Waals surface area contributed by atoms with Crippen LogP contribution in [-0.4, -0.2) is 14.3 Å². The van der Waals surface area contributed by atoms with Gasteiger partial charge in [-0.05, 0) is 36.4 Å². The second kappa shape index (κ2) is 7.99. The van der Waals surface area contributed by atoms with E-state index in [1.807, 2.05) is 0 Å². The van der Waals surface area contributed by atoms with Crippen LogP contribution in [0.3, 0.4) is 0 Å². The highest BCUT2D eigenvalue weighted by Crippen LogP contribution is 2.41. The lowest BCUT2D eigenvalue weighted by Gasteiger charge is -2.33. The Morgan fingerprint density at radius 3 is 0.920 bits per heavy atom. The average Bonchev–Trinajstić information content (AvgIpc) is 2.62. The standard InChI is InChI=1S/C19H18N.BF4/c1-20(17-11-5-2-6-12-17,18-13-7-3-8-14-18)19-15-9-4-10-16-19;2-1(3,4)5/h2-16H,1H3;/q+1;-1. The van der Waals surface area contributed by atoms with Crippen LogP contribution in [0, 0.1) is 0 Å². The summed E-state index contributed by atoms with van der Waals surface area (Å²) in [6.45, 7) is 0. The van der Waals surface area contributed by atoms with E-state index in [2.05, 4.69) is 98.0 Å². The van der Waals surface area contributed by atoms with Crippen LogP contribution in [0.15, 0.2) is 91.0 Å². The maximum absolute atomic E-state index is 9.75. The van der Waals surface area contributed by atoms with E-state index in [1.165, 1.54) is 17.1 Å². The molecule has 3 aromatic rings. The Morgan fingerprint density at radius 2 is 0.720 bits per heavy atom. The zero-order chi connectivity index (χ0) is 18.3. The maximum atomic E-state index is 9.75. The Morgan fingerprint density at radius 1 is 0.520 bits per heavy atom. The Labute approximate surface area is 144 Å². The number of benzene rings is 3. The molecule has 130 valence electrons. The van der Waals surface area contributed by atoms with Gasteiger partial charge in [-0.15, -0.1) is 0 Å². The van der Waals surface area contributed by atoms with Gasteiger partial charge >= 0.3 is 7.25 Å². The molecule has 6 heteroatoms. The molecule has 0 bridgehead atoms. The molecule has 3 rings (SSSR count). The largest absolute Gasteiger partial charge is 0.673 e. The topological polar surface area (TPSA) is 0 Å². The van der Waals surface area contributed by atoms with Crippen LogP contribution in [0.1, 0.15) is 0 Å². The third-order valence-corrected chi connectivity index (χ3v) is 3.82. The quantitative estimate of drug-likeness (QED) is 0.285. The first kappa shape index (κ1) is 18.7. The SMILES string of the molecule is C[N+](c1ccccc1)(c1ccccc1)c1ccccc1.F[B-](F)(F)F. The summed E-state index contributed by atoms with van der Waals surface area (Å²) >= 11 is 0. The van der Waals surface area contributed by atoms with Gasteiger partial charge in [0.05, 0.1) is 7.05 Å². The summed E-state index contributed by atoms with van der Waals surface area (Å²) in [6.07, 6.45) is 0. The van der Waals surface area contributed by atoms with Crippen LogP contribution < -0.4 is 4.48 Å². The number of para-hydroxylation sites is 3. The van der Waals surface area contributed by atoms with E-state index in [9.17, 15) is 17.3 Å². The second-order valence-corrected chi connectivity index (χ2v) is 5.51. The maximum Gasteiger partial charge on any atom is 0.673 e. The predicted octanol–water partition coefficient (Wildman–Crippen LogP) is 6.59. The summed E-state index contributed by atoms with van der Waals surface area (Å²) in [5.74, 6) is 0. The van der Waals surface area contributed by atoms with Gasteiger partial charge in [-0.2, -0.15) is 0 Å². The second-order valence-electron chi connectivity index (χ2n) is 5.51. The highest BCUT2D eigenvalue weighted by atomic mass is 19.5. The molecule has 0 unspecified atom stereocenters. The summed E-state index contributed by atoms with van der Waals surface area (Å²) in [4.78, 5) is 0. The van der Waals surface area contributed by atoms with Crippen molar-refractivity contribution in [1.29, 1.82) is 0 Å². The lowest BCUT2D eigenvalue weighted by Crippen LogP contribution is -2.33. The van der Waals surface area contributed by atoms with E-state index in [1.54, 1.807) is 0 Å². The zero-order valence-corrected chi connectivity index (χ0v) is 13.7. The van der Waals surface area contributed by atoms with Gasteiger partial charge in [-0.3, -0.25) is 0 Å². The number of quaternary nitrogens is 1.